The van der Waals surface area contributed by atoms with Crippen LogP contribution in [0.3, 0.4) is 0 Å². The molecule has 0 aliphatic carbocycles. The third-order valence-electron chi connectivity index (χ3n) is 3.94. The topological polar surface area (TPSA) is 65.9 Å². The van der Waals surface area contributed by atoms with E-state index in [1.165, 1.54) is 6.07 Å². The van der Waals surface area contributed by atoms with Crippen LogP contribution in [0.2, 0.25) is 0 Å². The minimum atomic E-state index is -0.781. The monoisotopic (exact) mass is 505 g/mol. The predicted octanol–water partition coefficient (Wildman–Crippen LogP) is 3.42. The molecule has 2 aromatic carbocycles. The summed E-state index contributed by atoms with van der Waals surface area (Å²) in [4.78, 5) is 4.35. The van der Waals surface area contributed by atoms with E-state index in [9.17, 15) is 13.9 Å². The van der Waals surface area contributed by atoms with E-state index >= 15 is 0 Å². The van der Waals surface area contributed by atoms with Crippen molar-refractivity contribution in [2.45, 2.75) is 19.4 Å². The first kappa shape index (κ1) is 24.1. The molecule has 0 bridgehead atoms. The Morgan fingerprint density at radius 2 is 1.96 bits per heavy atom. The summed E-state index contributed by atoms with van der Waals surface area (Å²) in [5.74, 6) is 0.260. The first-order valence-corrected chi connectivity index (χ1v) is 8.81. The van der Waals surface area contributed by atoms with Crippen molar-refractivity contribution in [2.24, 2.45) is 4.99 Å². The van der Waals surface area contributed by atoms with Gasteiger partial charge in [0.2, 0.25) is 0 Å². The fraction of sp³-hybridized carbons (Fsp3) is 0.350. The quantitative estimate of drug-likeness (QED) is 0.292. The summed E-state index contributed by atoms with van der Waals surface area (Å²) >= 11 is 0. The highest BCUT2D eigenvalue weighted by Gasteiger charge is 2.09. The van der Waals surface area contributed by atoms with Gasteiger partial charge >= 0.3 is 0 Å². The Bertz CT molecular complexity index is 775. The van der Waals surface area contributed by atoms with Crippen LogP contribution in [0.25, 0.3) is 0 Å². The number of hydrogen-bond donors (Lipinski definition) is 3. The lowest BCUT2D eigenvalue weighted by molar-refractivity contribution is 0.186. The molecule has 154 valence electrons. The first-order valence-electron chi connectivity index (χ1n) is 8.81. The van der Waals surface area contributed by atoms with Crippen LogP contribution in [-0.4, -0.2) is 37.8 Å². The van der Waals surface area contributed by atoms with Gasteiger partial charge in [-0.05, 0) is 54.8 Å². The molecule has 0 aliphatic rings. The van der Waals surface area contributed by atoms with Crippen LogP contribution in [0.4, 0.5) is 8.78 Å². The lowest BCUT2D eigenvalue weighted by Gasteiger charge is -2.14. The lowest BCUT2D eigenvalue weighted by atomic mass is 10.1. The number of methoxy groups -OCH3 is 1. The fourth-order valence-corrected chi connectivity index (χ4v) is 2.52. The van der Waals surface area contributed by atoms with Gasteiger partial charge in [-0.2, -0.15) is 0 Å². The molecule has 1 atom stereocenters. The molecule has 3 N–H and O–H groups in total. The van der Waals surface area contributed by atoms with Gasteiger partial charge in [-0.1, -0.05) is 12.1 Å². The number of aliphatic hydroxyl groups excluding tert-OH is 1. The van der Waals surface area contributed by atoms with Gasteiger partial charge in [0.25, 0.3) is 0 Å². The second-order valence-electron chi connectivity index (χ2n) is 5.92. The molecule has 1 unspecified atom stereocenters. The van der Waals surface area contributed by atoms with E-state index in [4.69, 9.17) is 4.74 Å². The van der Waals surface area contributed by atoms with Crippen LogP contribution in [0.5, 0.6) is 5.75 Å². The van der Waals surface area contributed by atoms with E-state index in [0.717, 1.165) is 12.1 Å². The molecule has 0 aromatic heterocycles. The second-order valence-corrected chi connectivity index (χ2v) is 5.92. The summed E-state index contributed by atoms with van der Waals surface area (Å²) < 4.78 is 32.0. The molecule has 0 amide bonds. The zero-order valence-electron chi connectivity index (χ0n) is 15.9. The van der Waals surface area contributed by atoms with E-state index in [1.807, 2.05) is 6.92 Å². The van der Waals surface area contributed by atoms with E-state index in [2.05, 4.69) is 15.6 Å². The molecule has 0 saturated carbocycles. The maximum Gasteiger partial charge on any atom is 0.191 e. The second kappa shape index (κ2) is 12.5. The van der Waals surface area contributed by atoms with Crippen LogP contribution < -0.4 is 15.4 Å². The van der Waals surface area contributed by atoms with Crippen molar-refractivity contribution in [1.29, 1.82) is 0 Å². The number of aliphatic imine (C=N–C) groups is 1. The van der Waals surface area contributed by atoms with Crippen molar-refractivity contribution in [1.82, 2.24) is 10.6 Å². The molecule has 0 radical (unpaired) electrons. The Balaban J connectivity index is 0.00000392. The van der Waals surface area contributed by atoms with E-state index in [1.54, 1.807) is 31.4 Å². The minimum Gasteiger partial charge on any atom is -0.497 e. The number of guanidine groups is 1. The molecular formula is C20H26F2IN3O2. The highest BCUT2D eigenvalue weighted by atomic mass is 127. The molecular weight excluding hydrogens is 479 g/mol. The number of rotatable bonds is 8. The normalized spacial score (nSPS) is 12.1. The van der Waals surface area contributed by atoms with Gasteiger partial charge in [0.05, 0.1) is 19.8 Å². The van der Waals surface area contributed by atoms with E-state index < -0.39 is 17.7 Å². The zero-order chi connectivity index (χ0) is 19.6. The summed E-state index contributed by atoms with van der Waals surface area (Å²) in [5, 5.41) is 16.4. The summed E-state index contributed by atoms with van der Waals surface area (Å²) in [6, 6.07) is 10.6. The Morgan fingerprint density at radius 3 is 2.68 bits per heavy atom. The molecule has 28 heavy (non-hydrogen) atoms. The molecule has 2 rings (SSSR count). The van der Waals surface area contributed by atoms with Gasteiger partial charge < -0.3 is 20.5 Å². The number of aliphatic hydroxyl groups is 1. The Hall–Kier alpha value is -1.94. The molecule has 0 saturated heterocycles. The van der Waals surface area contributed by atoms with Gasteiger partial charge in [0.15, 0.2) is 5.96 Å². The van der Waals surface area contributed by atoms with Crippen molar-refractivity contribution < 1.29 is 18.6 Å². The summed E-state index contributed by atoms with van der Waals surface area (Å²) in [7, 11) is 1.57. The number of ether oxygens (including phenoxy) is 1. The van der Waals surface area contributed by atoms with Crippen LogP contribution in [0, 0.1) is 11.6 Å². The van der Waals surface area contributed by atoms with Crippen LogP contribution in [-0.2, 0) is 6.42 Å². The van der Waals surface area contributed by atoms with E-state index in [-0.39, 0.29) is 30.5 Å². The van der Waals surface area contributed by atoms with Crippen LogP contribution >= 0.6 is 24.0 Å². The molecule has 2 aromatic rings. The van der Waals surface area contributed by atoms with E-state index in [0.29, 0.717) is 42.3 Å². The smallest absolute Gasteiger partial charge is 0.191 e. The van der Waals surface area contributed by atoms with Crippen molar-refractivity contribution in [3.8, 4) is 5.75 Å². The number of nitrogens with one attached hydrogen (secondary N) is 2. The molecule has 5 nitrogen and oxygen atoms in total. The van der Waals surface area contributed by atoms with Crippen LogP contribution in [0.1, 0.15) is 24.2 Å². The van der Waals surface area contributed by atoms with Gasteiger partial charge in [0.1, 0.15) is 17.4 Å². The Labute approximate surface area is 181 Å². The molecule has 8 heteroatoms. The van der Waals surface area contributed by atoms with Crippen molar-refractivity contribution >= 4 is 29.9 Å². The summed E-state index contributed by atoms with van der Waals surface area (Å²) in [6.45, 7) is 3.08. The Kier molecular flexibility index (Phi) is 10.8. The average molecular weight is 505 g/mol. The number of halogens is 3. The zero-order valence-corrected chi connectivity index (χ0v) is 18.2. The minimum absolute atomic E-state index is 0. The number of hydrogen-bond acceptors (Lipinski definition) is 3. The largest absolute Gasteiger partial charge is 0.497 e. The van der Waals surface area contributed by atoms with Gasteiger partial charge in [0, 0.05) is 13.1 Å². The predicted molar refractivity (Wildman–Crippen MR) is 117 cm³/mol. The number of nitrogens with zero attached hydrogens (tertiary/aromatic N) is 1. The van der Waals surface area contributed by atoms with Crippen molar-refractivity contribution in [3.63, 3.8) is 0 Å². The highest BCUT2D eigenvalue weighted by molar-refractivity contribution is 14.0. The standard InChI is InChI=1S/C20H25F2N3O2.HI/c1-3-23-20(24-10-9-14-11-16(21)7-8-18(14)22)25-13-19(26)15-5-4-6-17(12-15)27-2;/h4-8,11-12,19,26H,3,9-10,13H2,1-2H3,(H2,23,24,25);1H. The summed E-state index contributed by atoms with van der Waals surface area (Å²) in [5.41, 5.74) is 1.01. The first-order chi connectivity index (χ1) is 13.0. The van der Waals surface area contributed by atoms with Crippen molar-refractivity contribution in [3.05, 3.63) is 65.2 Å². The average Bonchev–Trinajstić information content (AvgIpc) is 2.68. The lowest BCUT2D eigenvalue weighted by Crippen LogP contribution is -2.38. The third-order valence-corrected chi connectivity index (χ3v) is 3.94. The molecule has 0 fully saturated rings. The van der Waals surface area contributed by atoms with Crippen molar-refractivity contribution in [2.75, 3.05) is 26.7 Å². The Morgan fingerprint density at radius 1 is 1.18 bits per heavy atom. The molecule has 0 aliphatic heterocycles. The SMILES string of the molecule is CCNC(=NCC(O)c1cccc(OC)c1)NCCc1cc(F)ccc1F.I. The van der Waals surface area contributed by atoms with Gasteiger partial charge in [-0.25, -0.2) is 8.78 Å². The number of benzene rings is 2. The fourth-order valence-electron chi connectivity index (χ4n) is 2.52. The third kappa shape index (κ3) is 7.59. The molecule has 0 spiro atoms. The van der Waals surface area contributed by atoms with Gasteiger partial charge in [-0.15, -0.1) is 24.0 Å². The summed E-state index contributed by atoms with van der Waals surface area (Å²) in [6.07, 6.45) is -0.469. The maximum absolute atomic E-state index is 13.7. The molecule has 0 heterocycles. The van der Waals surface area contributed by atoms with Gasteiger partial charge in [-0.3, -0.25) is 4.99 Å². The van der Waals surface area contributed by atoms with Crippen LogP contribution in [0.15, 0.2) is 47.5 Å². The maximum atomic E-state index is 13.7. The highest BCUT2D eigenvalue weighted by Crippen LogP contribution is 2.19.